The fourth-order valence-corrected chi connectivity index (χ4v) is 8.77. The number of nitrogens with one attached hydrogen (secondary N) is 1. The Bertz CT molecular complexity index is 873. The number of amides is 1. The van der Waals surface area contributed by atoms with Gasteiger partial charge in [0.05, 0.1) is 18.4 Å². The van der Waals surface area contributed by atoms with E-state index in [-0.39, 0.29) is 35.3 Å². The van der Waals surface area contributed by atoms with Crippen molar-refractivity contribution in [2.75, 3.05) is 26.2 Å². The highest BCUT2D eigenvalue weighted by Crippen LogP contribution is 2.45. The number of nitrogens with zero attached hydrogens (tertiary/aromatic N) is 1. The van der Waals surface area contributed by atoms with Crippen molar-refractivity contribution in [3.05, 3.63) is 23.5 Å². The fourth-order valence-electron chi connectivity index (χ4n) is 8.52. The van der Waals surface area contributed by atoms with Crippen molar-refractivity contribution in [3.8, 4) is 0 Å². The van der Waals surface area contributed by atoms with E-state index >= 15 is 0 Å². The molecule has 4 aliphatic carbocycles. The zero-order valence-electron chi connectivity index (χ0n) is 26.4. The lowest BCUT2D eigenvalue weighted by molar-refractivity contribution is -0.139. The van der Waals surface area contributed by atoms with E-state index in [1.165, 1.54) is 69.8 Å². The predicted molar refractivity (Wildman–Crippen MR) is 179 cm³/mol. The summed E-state index contributed by atoms with van der Waals surface area (Å²) in [7, 11) is 0. The number of rotatable bonds is 10. The van der Waals surface area contributed by atoms with Gasteiger partial charge in [0, 0.05) is 24.9 Å². The molecule has 7 nitrogen and oxygen atoms in total. The van der Waals surface area contributed by atoms with Gasteiger partial charge in [-0.15, -0.1) is 11.6 Å². The monoisotopic (exact) mass is 628 g/mol. The topological polar surface area (TPSA) is 136 Å². The Morgan fingerprint density at radius 2 is 1.56 bits per heavy atom. The van der Waals surface area contributed by atoms with Crippen LogP contribution < -0.4 is 5.32 Å². The highest BCUT2D eigenvalue weighted by Gasteiger charge is 2.43. The van der Waals surface area contributed by atoms with E-state index in [1.807, 2.05) is 0 Å². The summed E-state index contributed by atoms with van der Waals surface area (Å²) in [5.74, 6) is 4.42. The van der Waals surface area contributed by atoms with E-state index in [0.29, 0.717) is 17.2 Å². The summed E-state index contributed by atoms with van der Waals surface area (Å²) in [5.41, 5.74) is 1.55. The molecule has 0 aromatic rings. The molecule has 0 bridgehead atoms. The van der Waals surface area contributed by atoms with Crippen molar-refractivity contribution in [1.82, 2.24) is 10.2 Å². The largest absolute Gasteiger partial charge is 0.498 e. The number of likely N-dealkylation sites (tertiary alicyclic amines) is 1. The van der Waals surface area contributed by atoms with Gasteiger partial charge < -0.3 is 31.4 Å². The van der Waals surface area contributed by atoms with Crippen LogP contribution in [0.3, 0.4) is 0 Å². The van der Waals surface area contributed by atoms with E-state index in [4.69, 9.17) is 16.3 Å². The van der Waals surface area contributed by atoms with Crippen molar-refractivity contribution < 1.29 is 26.0 Å². The van der Waals surface area contributed by atoms with Crippen LogP contribution in [-0.2, 0) is 9.53 Å². The van der Waals surface area contributed by atoms with Crippen molar-refractivity contribution in [2.45, 2.75) is 135 Å². The Balaban J connectivity index is 0.00000231. The quantitative estimate of drug-likeness (QED) is 0.290. The average molecular weight is 629 g/mol. The molecule has 43 heavy (non-hydrogen) atoms. The number of halogens is 1. The Kier molecular flexibility index (Phi) is 17.4. The van der Waals surface area contributed by atoms with Crippen LogP contribution in [0.4, 0.5) is 0 Å². The lowest BCUT2D eigenvalue weighted by atomic mass is 9.64. The van der Waals surface area contributed by atoms with Crippen molar-refractivity contribution >= 4 is 17.5 Å². The summed E-state index contributed by atoms with van der Waals surface area (Å²) in [6.07, 6.45) is 23.9. The van der Waals surface area contributed by atoms with Crippen LogP contribution in [0.1, 0.15) is 124 Å². The molecular weight excluding hydrogens is 564 g/mol. The highest BCUT2D eigenvalue weighted by atomic mass is 35.5. The van der Waals surface area contributed by atoms with Crippen molar-refractivity contribution in [3.63, 3.8) is 0 Å². The molecule has 5 aliphatic rings. The number of hydrogen-bond acceptors (Lipinski definition) is 3. The van der Waals surface area contributed by atoms with Gasteiger partial charge in [0.25, 0.3) is 0 Å². The molecule has 8 heteroatoms. The van der Waals surface area contributed by atoms with Crippen molar-refractivity contribution in [2.24, 2.45) is 29.1 Å². The number of ether oxygens (including phenoxy) is 1. The summed E-state index contributed by atoms with van der Waals surface area (Å²) in [5, 5.41) is 4.16. The third-order valence-electron chi connectivity index (χ3n) is 11.0. The van der Waals surface area contributed by atoms with Crippen LogP contribution in [-0.4, -0.2) is 64.9 Å². The standard InChI is InChI=1S/C34H55ClN2O2.CH4.3H2O/c1-34(2)24-37(20-19-31(34)28-13-15-29(35)16-14-28)33(38)32(36-22-26-7-3-4-8-26)21-25-11-17-30(18-12-25)39-23-27-9-5-6-10-27;;;;/h11,17,26-29,31-32,36H,3-10,12-16,18-24H2,1-2H3;1H4;3*1H2/t28?,29?,31?,32-;;;;/m1..../s1. The molecule has 1 heterocycles. The smallest absolute Gasteiger partial charge is 0.240 e. The first-order chi connectivity index (χ1) is 18.9. The van der Waals surface area contributed by atoms with Crippen molar-refractivity contribution in [1.29, 1.82) is 0 Å². The normalized spacial score (nSPS) is 28.3. The number of piperidine rings is 1. The van der Waals surface area contributed by atoms with E-state index in [1.54, 1.807) is 0 Å². The molecule has 1 aliphatic heterocycles. The molecule has 0 radical (unpaired) electrons. The van der Waals surface area contributed by atoms with Crippen LogP contribution in [0.2, 0.25) is 0 Å². The third kappa shape index (κ3) is 11.0. The summed E-state index contributed by atoms with van der Waals surface area (Å²) < 4.78 is 6.18. The second kappa shape index (κ2) is 18.8. The number of hydrogen-bond donors (Lipinski definition) is 1. The Morgan fingerprint density at radius 3 is 2.14 bits per heavy atom. The Hall–Kier alpha value is -1.12. The summed E-state index contributed by atoms with van der Waals surface area (Å²) in [6, 6.07) is -0.106. The summed E-state index contributed by atoms with van der Waals surface area (Å²) in [6.45, 7) is 8.48. The first kappa shape index (κ1) is 39.9. The first-order valence-corrected chi connectivity index (χ1v) is 17.0. The lowest BCUT2D eigenvalue weighted by Gasteiger charge is -2.49. The predicted octanol–water partition coefficient (Wildman–Crippen LogP) is 6.17. The van der Waals surface area contributed by atoms with E-state index in [0.717, 1.165) is 88.3 Å². The Morgan fingerprint density at radius 1 is 0.930 bits per heavy atom. The number of carbonyl (C=O) groups excluding carboxylic acids is 1. The first-order valence-electron chi connectivity index (χ1n) is 16.5. The second-order valence-electron chi connectivity index (χ2n) is 14.4. The summed E-state index contributed by atoms with van der Waals surface area (Å²) in [4.78, 5) is 16.3. The van der Waals surface area contributed by atoms with Gasteiger partial charge >= 0.3 is 0 Å². The van der Waals surface area contributed by atoms with Crippen LogP contribution in [0, 0.1) is 29.1 Å². The molecule has 5 rings (SSSR count). The highest BCUT2D eigenvalue weighted by molar-refractivity contribution is 6.20. The van der Waals surface area contributed by atoms with E-state index < -0.39 is 0 Å². The Labute approximate surface area is 267 Å². The van der Waals surface area contributed by atoms with Gasteiger partial charge in [-0.25, -0.2) is 0 Å². The number of allylic oxidation sites excluding steroid dienone is 3. The molecule has 0 spiro atoms. The maximum absolute atomic E-state index is 14.1. The van der Waals surface area contributed by atoms with Gasteiger partial charge in [-0.05, 0) is 112 Å². The molecule has 7 N–H and O–H groups in total. The molecule has 4 fully saturated rings. The van der Waals surface area contributed by atoms with Gasteiger partial charge in [-0.2, -0.15) is 0 Å². The minimum atomic E-state index is -0.106. The van der Waals surface area contributed by atoms with Gasteiger partial charge in [0.2, 0.25) is 5.91 Å². The van der Waals surface area contributed by atoms with Crippen LogP contribution in [0.5, 0.6) is 0 Å². The second-order valence-corrected chi connectivity index (χ2v) is 15.0. The lowest BCUT2D eigenvalue weighted by Crippen LogP contribution is -2.55. The van der Waals surface area contributed by atoms with E-state index in [9.17, 15) is 4.79 Å². The number of carbonyl (C=O) groups is 1. The minimum absolute atomic E-state index is 0. The van der Waals surface area contributed by atoms with Crippen LogP contribution >= 0.6 is 11.6 Å². The summed E-state index contributed by atoms with van der Waals surface area (Å²) >= 11 is 6.42. The van der Waals surface area contributed by atoms with E-state index in [2.05, 4.69) is 36.2 Å². The van der Waals surface area contributed by atoms with Gasteiger partial charge in [0.15, 0.2) is 0 Å². The number of alkyl halides is 1. The molecule has 0 aromatic heterocycles. The zero-order chi connectivity index (χ0) is 27.2. The minimum Gasteiger partial charge on any atom is -0.498 e. The SMILES string of the molecule is C.CC1(C)CN(C(=O)[C@@H](CC2=CC=C(OCC3CCCC3)CC2)NCC2CCCC2)CCC1C1CCC(Cl)CC1.O.O.O. The van der Waals surface area contributed by atoms with Gasteiger partial charge in [-0.1, -0.05) is 58.6 Å². The molecular formula is C35H65ClN2O5. The molecule has 1 saturated heterocycles. The maximum atomic E-state index is 14.1. The fraction of sp³-hybridized carbons (Fsp3) is 0.857. The van der Waals surface area contributed by atoms with Gasteiger partial charge in [-0.3, -0.25) is 4.79 Å². The maximum Gasteiger partial charge on any atom is 0.240 e. The molecule has 2 atom stereocenters. The molecule has 1 amide bonds. The van der Waals surface area contributed by atoms with Crippen LogP contribution in [0.25, 0.3) is 0 Å². The van der Waals surface area contributed by atoms with Crippen LogP contribution in [0.15, 0.2) is 23.5 Å². The average Bonchev–Trinajstić information content (AvgIpc) is 3.65. The zero-order valence-corrected chi connectivity index (χ0v) is 27.2. The molecule has 0 aromatic carbocycles. The molecule has 1 unspecified atom stereocenters. The molecule has 3 saturated carbocycles. The third-order valence-corrected chi connectivity index (χ3v) is 11.4. The molecule has 252 valence electrons. The van der Waals surface area contributed by atoms with Gasteiger partial charge in [0.1, 0.15) is 0 Å².